The van der Waals surface area contributed by atoms with Gasteiger partial charge >= 0.3 is 0 Å². The van der Waals surface area contributed by atoms with Crippen LogP contribution in [0.15, 0.2) is 18.2 Å². The molecular weight excluding hydrogens is 255 g/mol. The molecule has 1 fully saturated rings. The van der Waals surface area contributed by atoms with Gasteiger partial charge in [-0.1, -0.05) is 13.8 Å². The van der Waals surface area contributed by atoms with Gasteiger partial charge in [-0.25, -0.2) is 4.39 Å². The molecular formula is C16H25FN2O. The fourth-order valence-electron chi connectivity index (χ4n) is 2.84. The molecule has 0 aromatic heterocycles. The molecule has 3 nitrogen and oxygen atoms in total. The molecule has 1 N–H and O–H groups in total. The molecule has 0 aliphatic carbocycles. The minimum atomic E-state index is -0.644. The van der Waals surface area contributed by atoms with Crippen LogP contribution >= 0.6 is 0 Å². The molecule has 0 saturated carbocycles. The highest BCUT2D eigenvalue weighted by Gasteiger charge is 2.21. The normalized spacial score (nSPS) is 18.6. The van der Waals surface area contributed by atoms with E-state index in [1.54, 1.807) is 13.0 Å². The lowest BCUT2D eigenvalue weighted by atomic mass is 10.1. The standard InChI is InChI=1S/C16H25FN2O/c1-12(2)11-18-6-8-19(9-7-18)16-5-4-14(17)10-15(16)13(3)20/h4-5,10,12-13,20H,6-9,11H2,1-3H3/t13-/m0/s1. The van der Waals surface area contributed by atoms with Crippen molar-refractivity contribution in [2.45, 2.75) is 26.9 Å². The highest BCUT2D eigenvalue weighted by atomic mass is 19.1. The van der Waals surface area contributed by atoms with Crippen LogP contribution in [0.25, 0.3) is 0 Å². The van der Waals surface area contributed by atoms with Crippen molar-refractivity contribution in [3.05, 3.63) is 29.6 Å². The third kappa shape index (κ3) is 3.70. The van der Waals surface area contributed by atoms with Crippen molar-refractivity contribution >= 4 is 5.69 Å². The molecule has 1 aliphatic rings. The van der Waals surface area contributed by atoms with Crippen LogP contribution in [0, 0.1) is 11.7 Å². The van der Waals surface area contributed by atoms with E-state index in [4.69, 9.17) is 0 Å². The number of benzene rings is 1. The molecule has 4 heteroatoms. The molecule has 0 bridgehead atoms. The Bertz CT molecular complexity index is 440. The highest BCUT2D eigenvalue weighted by molar-refractivity contribution is 5.55. The molecule has 1 aromatic carbocycles. The van der Waals surface area contributed by atoms with Gasteiger partial charge in [-0.05, 0) is 31.0 Å². The maximum Gasteiger partial charge on any atom is 0.123 e. The predicted molar refractivity (Wildman–Crippen MR) is 80.5 cm³/mol. The summed E-state index contributed by atoms with van der Waals surface area (Å²) in [6.07, 6.45) is -0.644. The fourth-order valence-corrected chi connectivity index (χ4v) is 2.84. The molecule has 112 valence electrons. The summed E-state index contributed by atoms with van der Waals surface area (Å²) < 4.78 is 13.3. The summed E-state index contributed by atoms with van der Waals surface area (Å²) in [5.74, 6) is 0.392. The Morgan fingerprint density at radius 3 is 2.35 bits per heavy atom. The first-order valence-corrected chi connectivity index (χ1v) is 7.42. The van der Waals surface area contributed by atoms with Gasteiger partial charge in [0.15, 0.2) is 0 Å². The van der Waals surface area contributed by atoms with E-state index in [1.807, 2.05) is 0 Å². The quantitative estimate of drug-likeness (QED) is 0.918. The number of hydrogen-bond acceptors (Lipinski definition) is 3. The lowest BCUT2D eigenvalue weighted by molar-refractivity contribution is 0.198. The summed E-state index contributed by atoms with van der Waals surface area (Å²) in [6.45, 7) is 11.2. The average Bonchev–Trinajstić information content (AvgIpc) is 2.39. The Morgan fingerprint density at radius 1 is 1.15 bits per heavy atom. The van der Waals surface area contributed by atoms with Gasteiger partial charge in [0, 0.05) is 44.0 Å². The van der Waals surface area contributed by atoms with Gasteiger partial charge in [0.2, 0.25) is 0 Å². The second-order valence-corrected chi connectivity index (χ2v) is 6.06. The molecule has 20 heavy (non-hydrogen) atoms. The smallest absolute Gasteiger partial charge is 0.123 e. The second-order valence-electron chi connectivity index (χ2n) is 6.06. The Balaban J connectivity index is 2.07. The second kappa shape index (κ2) is 6.55. The minimum Gasteiger partial charge on any atom is -0.389 e. The van der Waals surface area contributed by atoms with E-state index < -0.39 is 6.10 Å². The van der Waals surface area contributed by atoms with E-state index in [9.17, 15) is 9.50 Å². The Kier molecular flexibility index (Phi) is 5.00. The summed E-state index contributed by atoms with van der Waals surface area (Å²) in [6, 6.07) is 4.71. The number of rotatable bonds is 4. The van der Waals surface area contributed by atoms with Crippen LogP contribution in [0.4, 0.5) is 10.1 Å². The number of aliphatic hydroxyl groups is 1. The largest absolute Gasteiger partial charge is 0.389 e. The van der Waals surface area contributed by atoms with Gasteiger partial charge in [-0.2, -0.15) is 0 Å². The van der Waals surface area contributed by atoms with Crippen LogP contribution in [-0.2, 0) is 0 Å². The van der Waals surface area contributed by atoms with E-state index in [0.29, 0.717) is 11.5 Å². The van der Waals surface area contributed by atoms with Gasteiger partial charge in [-0.3, -0.25) is 4.90 Å². The topological polar surface area (TPSA) is 26.7 Å². The number of hydrogen-bond donors (Lipinski definition) is 1. The van der Waals surface area contributed by atoms with E-state index in [2.05, 4.69) is 23.6 Å². The van der Waals surface area contributed by atoms with E-state index >= 15 is 0 Å². The first kappa shape index (κ1) is 15.3. The van der Waals surface area contributed by atoms with Gasteiger partial charge in [-0.15, -0.1) is 0 Å². The Labute approximate surface area is 121 Å². The summed E-state index contributed by atoms with van der Waals surface area (Å²) >= 11 is 0. The van der Waals surface area contributed by atoms with Gasteiger partial charge in [0.25, 0.3) is 0 Å². The molecule has 0 spiro atoms. The van der Waals surface area contributed by atoms with Crippen molar-refractivity contribution < 1.29 is 9.50 Å². The highest BCUT2D eigenvalue weighted by Crippen LogP contribution is 2.28. The van der Waals surface area contributed by atoms with Crippen molar-refractivity contribution in [3.8, 4) is 0 Å². The first-order chi connectivity index (χ1) is 9.47. The lowest BCUT2D eigenvalue weighted by Gasteiger charge is -2.38. The SMILES string of the molecule is CC(C)CN1CCN(c2ccc(F)cc2[C@H](C)O)CC1. The Morgan fingerprint density at radius 2 is 1.80 bits per heavy atom. The van der Waals surface area contributed by atoms with Crippen LogP contribution in [-0.4, -0.2) is 42.7 Å². The van der Waals surface area contributed by atoms with Crippen molar-refractivity contribution in [2.24, 2.45) is 5.92 Å². The minimum absolute atomic E-state index is 0.289. The number of aliphatic hydroxyl groups excluding tert-OH is 1. The maximum atomic E-state index is 13.3. The molecule has 1 aliphatic heterocycles. The van der Waals surface area contributed by atoms with E-state index in [1.165, 1.54) is 12.1 Å². The van der Waals surface area contributed by atoms with Crippen molar-refractivity contribution in [2.75, 3.05) is 37.6 Å². The summed E-state index contributed by atoms with van der Waals surface area (Å²) in [5.41, 5.74) is 1.65. The molecule has 1 heterocycles. The first-order valence-electron chi connectivity index (χ1n) is 7.42. The lowest BCUT2D eigenvalue weighted by Crippen LogP contribution is -2.47. The van der Waals surface area contributed by atoms with E-state index in [-0.39, 0.29) is 5.82 Å². The van der Waals surface area contributed by atoms with Crippen molar-refractivity contribution in [1.82, 2.24) is 4.90 Å². The number of nitrogens with zero attached hydrogens (tertiary/aromatic N) is 2. The molecule has 1 aromatic rings. The van der Waals surface area contributed by atoms with Crippen LogP contribution in [0.1, 0.15) is 32.4 Å². The summed E-state index contributed by atoms with van der Waals surface area (Å²) in [7, 11) is 0. The zero-order valence-electron chi connectivity index (χ0n) is 12.6. The van der Waals surface area contributed by atoms with E-state index in [0.717, 1.165) is 38.4 Å². The summed E-state index contributed by atoms with van der Waals surface area (Å²) in [5, 5.41) is 9.83. The third-order valence-corrected chi connectivity index (χ3v) is 3.78. The van der Waals surface area contributed by atoms with Crippen LogP contribution < -0.4 is 4.90 Å². The van der Waals surface area contributed by atoms with Crippen molar-refractivity contribution in [3.63, 3.8) is 0 Å². The van der Waals surface area contributed by atoms with Crippen molar-refractivity contribution in [1.29, 1.82) is 0 Å². The summed E-state index contributed by atoms with van der Waals surface area (Å²) in [4.78, 5) is 4.71. The molecule has 2 rings (SSSR count). The van der Waals surface area contributed by atoms with Crippen LogP contribution in [0.2, 0.25) is 0 Å². The molecule has 1 atom stereocenters. The maximum absolute atomic E-state index is 13.3. The van der Waals surface area contributed by atoms with Gasteiger partial charge in [0.05, 0.1) is 6.10 Å². The predicted octanol–water partition coefficient (Wildman–Crippen LogP) is 2.66. The number of halogens is 1. The zero-order chi connectivity index (χ0) is 14.7. The Hall–Kier alpha value is -1.13. The zero-order valence-corrected chi connectivity index (χ0v) is 12.6. The third-order valence-electron chi connectivity index (χ3n) is 3.78. The molecule has 0 unspecified atom stereocenters. The van der Waals surface area contributed by atoms with Gasteiger partial charge < -0.3 is 10.0 Å². The fraction of sp³-hybridized carbons (Fsp3) is 0.625. The average molecular weight is 280 g/mol. The monoisotopic (exact) mass is 280 g/mol. The van der Waals surface area contributed by atoms with Gasteiger partial charge in [0.1, 0.15) is 5.82 Å². The van der Waals surface area contributed by atoms with Crippen LogP contribution in [0.5, 0.6) is 0 Å². The van der Waals surface area contributed by atoms with Crippen LogP contribution in [0.3, 0.4) is 0 Å². The number of anilines is 1. The molecule has 0 radical (unpaired) electrons. The number of piperazine rings is 1. The molecule has 0 amide bonds. The molecule has 1 saturated heterocycles.